The first-order chi connectivity index (χ1) is 7.43. The van der Waals surface area contributed by atoms with Crippen molar-refractivity contribution < 1.29 is 4.74 Å². The number of nitrogens with one attached hydrogen (secondary N) is 1. The van der Waals surface area contributed by atoms with Crippen molar-refractivity contribution in [2.75, 3.05) is 32.1 Å². The Morgan fingerprint density at radius 3 is 3.00 bits per heavy atom. The van der Waals surface area contributed by atoms with Crippen molar-refractivity contribution in [1.82, 2.24) is 5.32 Å². The lowest BCUT2D eigenvalue weighted by atomic mass is 10.2. The second-order valence-corrected chi connectivity index (χ2v) is 5.57. The van der Waals surface area contributed by atoms with E-state index in [4.69, 9.17) is 4.74 Å². The van der Waals surface area contributed by atoms with E-state index < -0.39 is 0 Å². The lowest BCUT2D eigenvalue weighted by molar-refractivity contribution is 0.133. The van der Waals surface area contributed by atoms with Crippen molar-refractivity contribution in [3.05, 3.63) is 0 Å². The van der Waals surface area contributed by atoms with Crippen LogP contribution in [-0.4, -0.2) is 37.3 Å². The van der Waals surface area contributed by atoms with Crippen LogP contribution in [0.25, 0.3) is 0 Å². The van der Waals surface area contributed by atoms with Gasteiger partial charge in [0.1, 0.15) is 0 Å². The summed E-state index contributed by atoms with van der Waals surface area (Å²) in [6.07, 6.45) is 6.66. The smallest absolute Gasteiger partial charge is 0.0590 e. The highest BCUT2D eigenvalue weighted by Crippen LogP contribution is 2.23. The molecule has 0 aliphatic carbocycles. The molecule has 90 valence electrons. The van der Waals surface area contributed by atoms with Crippen molar-refractivity contribution in [1.29, 1.82) is 0 Å². The van der Waals surface area contributed by atoms with Crippen LogP contribution in [0.3, 0.4) is 0 Å². The Hall–Kier alpha value is 0.270. The molecule has 3 heteroatoms. The average molecular weight is 231 g/mol. The predicted octanol–water partition coefficient (Wildman–Crippen LogP) is 2.68. The molecule has 1 saturated heterocycles. The molecule has 0 bridgehead atoms. The van der Waals surface area contributed by atoms with Crippen molar-refractivity contribution in [3.8, 4) is 0 Å². The summed E-state index contributed by atoms with van der Waals surface area (Å²) < 4.78 is 5.49. The SMILES string of the molecule is CCCCOCCNCC1CCCCS1. The summed E-state index contributed by atoms with van der Waals surface area (Å²) in [7, 11) is 0. The molecule has 2 nitrogen and oxygen atoms in total. The Labute approximate surface area is 98.5 Å². The average Bonchev–Trinajstić information content (AvgIpc) is 2.29. The number of unbranched alkanes of at least 4 members (excludes halogenated alkanes) is 1. The van der Waals surface area contributed by atoms with Crippen molar-refractivity contribution in [3.63, 3.8) is 0 Å². The monoisotopic (exact) mass is 231 g/mol. The number of hydrogen-bond donors (Lipinski definition) is 1. The minimum atomic E-state index is 0.856. The molecule has 15 heavy (non-hydrogen) atoms. The van der Waals surface area contributed by atoms with Crippen LogP contribution < -0.4 is 5.32 Å². The molecule has 1 N–H and O–H groups in total. The molecule has 0 aromatic carbocycles. The minimum absolute atomic E-state index is 0.856. The minimum Gasteiger partial charge on any atom is -0.380 e. The zero-order chi connectivity index (χ0) is 10.8. The molecule has 1 heterocycles. The van der Waals surface area contributed by atoms with Crippen molar-refractivity contribution in [2.45, 2.75) is 44.3 Å². The molecule has 1 aliphatic rings. The summed E-state index contributed by atoms with van der Waals surface area (Å²) in [5.74, 6) is 1.36. The van der Waals surface area contributed by atoms with Crippen LogP contribution in [-0.2, 0) is 4.74 Å². The fourth-order valence-corrected chi connectivity index (χ4v) is 3.00. The predicted molar refractivity (Wildman–Crippen MR) is 68.7 cm³/mol. The van der Waals surface area contributed by atoms with Crippen molar-refractivity contribution >= 4 is 11.8 Å². The maximum absolute atomic E-state index is 5.49. The van der Waals surface area contributed by atoms with Crippen LogP contribution in [0.4, 0.5) is 0 Å². The standard InChI is InChI=1S/C12H25NOS/c1-2-3-8-14-9-7-13-11-12-6-4-5-10-15-12/h12-13H,2-11H2,1H3. The molecule has 1 atom stereocenters. The summed E-state index contributed by atoms with van der Waals surface area (Å²) in [6.45, 7) is 6.18. The number of ether oxygens (including phenoxy) is 1. The molecule has 0 amide bonds. The van der Waals surface area contributed by atoms with Crippen LogP contribution in [0, 0.1) is 0 Å². The Balaban J connectivity index is 1.79. The first-order valence-electron chi connectivity index (χ1n) is 6.33. The maximum Gasteiger partial charge on any atom is 0.0590 e. The van der Waals surface area contributed by atoms with Crippen LogP contribution in [0.1, 0.15) is 39.0 Å². The fraction of sp³-hybridized carbons (Fsp3) is 1.00. The van der Waals surface area contributed by atoms with Gasteiger partial charge in [-0.25, -0.2) is 0 Å². The highest BCUT2D eigenvalue weighted by atomic mass is 32.2. The summed E-state index contributed by atoms with van der Waals surface area (Å²) in [5, 5.41) is 4.34. The largest absolute Gasteiger partial charge is 0.380 e. The molecule has 1 aliphatic heterocycles. The zero-order valence-electron chi connectivity index (χ0n) is 9.96. The quantitative estimate of drug-likeness (QED) is 0.649. The van der Waals surface area contributed by atoms with Gasteiger partial charge in [0, 0.05) is 24.9 Å². The van der Waals surface area contributed by atoms with Gasteiger partial charge in [-0.3, -0.25) is 0 Å². The van der Waals surface area contributed by atoms with Gasteiger partial charge in [-0.15, -0.1) is 0 Å². The van der Waals surface area contributed by atoms with Gasteiger partial charge in [0.2, 0.25) is 0 Å². The van der Waals surface area contributed by atoms with E-state index in [-0.39, 0.29) is 0 Å². The molecule has 1 rings (SSSR count). The van der Waals surface area contributed by atoms with E-state index in [1.54, 1.807) is 0 Å². The Bertz CT molecular complexity index is 138. The Morgan fingerprint density at radius 1 is 1.33 bits per heavy atom. The Morgan fingerprint density at radius 2 is 2.27 bits per heavy atom. The van der Waals surface area contributed by atoms with Gasteiger partial charge in [-0.2, -0.15) is 11.8 Å². The van der Waals surface area contributed by atoms with E-state index in [0.717, 1.165) is 25.0 Å². The van der Waals surface area contributed by atoms with E-state index in [2.05, 4.69) is 24.0 Å². The third-order valence-corrected chi connectivity index (χ3v) is 4.11. The first kappa shape index (κ1) is 13.3. The summed E-state index contributed by atoms with van der Waals surface area (Å²) >= 11 is 2.13. The van der Waals surface area contributed by atoms with Crippen LogP contribution in [0.2, 0.25) is 0 Å². The normalized spacial score (nSPS) is 21.8. The molecule has 0 spiro atoms. The highest BCUT2D eigenvalue weighted by molar-refractivity contribution is 7.99. The van der Waals surface area contributed by atoms with E-state index in [1.807, 2.05) is 0 Å². The number of hydrogen-bond acceptors (Lipinski definition) is 3. The maximum atomic E-state index is 5.49. The van der Waals surface area contributed by atoms with Gasteiger partial charge in [0.25, 0.3) is 0 Å². The third-order valence-electron chi connectivity index (χ3n) is 2.71. The molecular weight excluding hydrogens is 206 g/mol. The Kier molecular flexibility index (Phi) is 8.44. The topological polar surface area (TPSA) is 21.3 Å². The summed E-state index contributed by atoms with van der Waals surface area (Å²) in [6, 6.07) is 0. The number of thioether (sulfide) groups is 1. The zero-order valence-corrected chi connectivity index (χ0v) is 10.8. The molecule has 0 saturated carbocycles. The first-order valence-corrected chi connectivity index (χ1v) is 7.38. The lowest BCUT2D eigenvalue weighted by Gasteiger charge is -2.21. The highest BCUT2D eigenvalue weighted by Gasteiger charge is 2.12. The van der Waals surface area contributed by atoms with E-state index in [0.29, 0.717) is 0 Å². The van der Waals surface area contributed by atoms with Gasteiger partial charge >= 0.3 is 0 Å². The number of rotatable bonds is 8. The van der Waals surface area contributed by atoms with E-state index >= 15 is 0 Å². The second kappa shape index (κ2) is 9.49. The summed E-state index contributed by atoms with van der Waals surface area (Å²) in [5.41, 5.74) is 0. The van der Waals surface area contributed by atoms with Gasteiger partial charge < -0.3 is 10.1 Å². The van der Waals surface area contributed by atoms with Gasteiger partial charge in [-0.1, -0.05) is 19.8 Å². The molecule has 1 fully saturated rings. The molecule has 1 unspecified atom stereocenters. The lowest BCUT2D eigenvalue weighted by Crippen LogP contribution is -2.29. The van der Waals surface area contributed by atoms with Crippen LogP contribution >= 0.6 is 11.8 Å². The van der Waals surface area contributed by atoms with Crippen LogP contribution in [0.15, 0.2) is 0 Å². The van der Waals surface area contributed by atoms with Crippen molar-refractivity contribution in [2.24, 2.45) is 0 Å². The molecule has 0 radical (unpaired) electrons. The third kappa shape index (κ3) is 7.20. The fourth-order valence-electron chi connectivity index (χ4n) is 1.72. The van der Waals surface area contributed by atoms with E-state index in [9.17, 15) is 0 Å². The molecular formula is C12H25NOS. The van der Waals surface area contributed by atoms with E-state index in [1.165, 1.54) is 44.4 Å². The van der Waals surface area contributed by atoms with Gasteiger partial charge in [0.15, 0.2) is 0 Å². The van der Waals surface area contributed by atoms with Gasteiger partial charge in [-0.05, 0) is 25.0 Å². The summed E-state index contributed by atoms with van der Waals surface area (Å²) in [4.78, 5) is 0. The van der Waals surface area contributed by atoms with Crippen LogP contribution in [0.5, 0.6) is 0 Å². The second-order valence-electron chi connectivity index (χ2n) is 4.16. The van der Waals surface area contributed by atoms with Gasteiger partial charge in [0.05, 0.1) is 6.61 Å². The molecule has 0 aromatic rings. The molecule has 0 aromatic heterocycles.